The number of ether oxygens (including phenoxy) is 2. The fourth-order valence-electron chi connectivity index (χ4n) is 2.98. The van der Waals surface area contributed by atoms with E-state index in [0.29, 0.717) is 17.7 Å². The molecule has 0 bridgehead atoms. The molecular formula is C20H19ClF4N6O5. The largest absolute Gasteiger partial charge is 0.479 e. The summed E-state index contributed by atoms with van der Waals surface area (Å²) in [6.45, 7) is 1.58. The second-order valence-electron chi connectivity index (χ2n) is 7.09. The average Bonchev–Trinajstić information content (AvgIpc) is 3.15. The molecule has 3 heterocycles. The molecule has 0 radical (unpaired) electrons. The number of pyridine rings is 2. The van der Waals surface area contributed by atoms with Gasteiger partial charge >= 0.3 is 11.9 Å². The molecule has 0 unspecified atom stereocenters. The van der Waals surface area contributed by atoms with Gasteiger partial charge < -0.3 is 19.9 Å². The van der Waals surface area contributed by atoms with E-state index in [9.17, 15) is 27.9 Å². The van der Waals surface area contributed by atoms with E-state index in [1.165, 1.54) is 19.4 Å². The summed E-state index contributed by atoms with van der Waals surface area (Å²) in [4.78, 5) is 33.1. The number of alkyl halides is 3. The number of carbonyl (C=O) groups is 1. The number of methoxy groups -OCH3 is 1. The highest BCUT2D eigenvalue weighted by atomic mass is 35.5. The van der Waals surface area contributed by atoms with E-state index in [1.807, 2.05) is 0 Å². The highest BCUT2D eigenvalue weighted by molar-refractivity contribution is 6.34. The number of hydrogen-bond acceptors (Lipinski definition) is 8. The lowest BCUT2D eigenvalue weighted by molar-refractivity contribution is -0.190. The van der Waals surface area contributed by atoms with Gasteiger partial charge in [0, 0.05) is 12.7 Å². The molecule has 3 aromatic rings. The van der Waals surface area contributed by atoms with Crippen molar-refractivity contribution in [3.63, 3.8) is 0 Å². The van der Waals surface area contributed by atoms with Gasteiger partial charge in [-0.05, 0) is 26.0 Å². The van der Waals surface area contributed by atoms with Crippen LogP contribution in [0.15, 0.2) is 23.1 Å². The molecule has 11 nitrogen and oxygen atoms in total. The summed E-state index contributed by atoms with van der Waals surface area (Å²) < 4.78 is 66.0. The Labute approximate surface area is 205 Å². The maximum Gasteiger partial charge on any atom is 0.425 e. The summed E-state index contributed by atoms with van der Waals surface area (Å²) in [5.74, 6) is -4.51. The fraction of sp³-hybridized carbons (Fsp3) is 0.350. The van der Waals surface area contributed by atoms with Crippen LogP contribution in [-0.4, -0.2) is 54.7 Å². The smallest absolute Gasteiger partial charge is 0.425 e. The Hall–Kier alpha value is -3.72. The van der Waals surface area contributed by atoms with Gasteiger partial charge in [0.25, 0.3) is 5.91 Å². The molecule has 0 fully saturated rings. The Morgan fingerprint density at radius 2 is 2.03 bits per heavy atom. The van der Waals surface area contributed by atoms with Crippen LogP contribution in [0.25, 0.3) is 5.82 Å². The van der Waals surface area contributed by atoms with E-state index in [4.69, 9.17) is 21.1 Å². The minimum Gasteiger partial charge on any atom is -0.479 e. The van der Waals surface area contributed by atoms with Crippen molar-refractivity contribution in [1.29, 1.82) is 0 Å². The van der Waals surface area contributed by atoms with Crippen molar-refractivity contribution >= 4 is 23.2 Å². The third-order valence-corrected chi connectivity index (χ3v) is 5.13. The van der Waals surface area contributed by atoms with Crippen molar-refractivity contribution in [2.75, 3.05) is 12.4 Å². The summed E-state index contributed by atoms with van der Waals surface area (Å²) >= 11 is 6.05. The number of nitrogens with zero attached hydrogens (tertiary/aromatic N) is 5. The van der Waals surface area contributed by atoms with E-state index in [-0.39, 0.29) is 29.0 Å². The predicted molar refractivity (Wildman–Crippen MR) is 117 cm³/mol. The van der Waals surface area contributed by atoms with Gasteiger partial charge in [0.1, 0.15) is 17.9 Å². The Morgan fingerprint density at radius 3 is 2.58 bits per heavy atom. The van der Waals surface area contributed by atoms with Crippen LogP contribution in [0.2, 0.25) is 5.02 Å². The third kappa shape index (κ3) is 5.26. The average molecular weight is 535 g/mol. The minimum absolute atomic E-state index is 0.0282. The Bertz CT molecular complexity index is 1340. The molecule has 0 saturated heterocycles. The van der Waals surface area contributed by atoms with E-state index in [0.717, 1.165) is 4.57 Å². The van der Waals surface area contributed by atoms with Crippen LogP contribution in [0.3, 0.4) is 0 Å². The summed E-state index contributed by atoms with van der Waals surface area (Å²) in [7, 11) is 1.23. The molecule has 1 amide bonds. The molecule has 0 aliphatic rings. The van der Waals surface area contributed by atoms with Crippen LogP contribution in [0.4, 0.5) is 23.2 Å². The maximum atomic E-state index is 15.1. The molecule has 36 heavy (non-hydrogen) atoms. The van der Waals surface area contributed by atoms with Gasteiger partial charge in [-0.2, -0.15) is 22.8 Å². The number of halogens is 5. The molecule has 0 aliphatic heterocycles. The van der Waals surface area contributed by atoms with Crippen LogP contribution in [-0.2, 0) is 13.2 Å². The number of aliphatic hydroxyl groups excluding tert-OH is 1. The Kier molecular flexibility index (Phi) is 7.83. The molecule has 0 saturated carbocycles. The number of amides is 1. The summed E-state index contributed by atoms with van der Waals surface area (Å²) in [5, 5.41) is 15.4. The topological polar surface area (TPSA) is 133 Å². The first-order valence-electron chi connectivity index (χ1n) is 10.2. The lowest BCUT2D eigenvalue weighted by Gasteiger charge is -2.19. The van der Waals surface area contributed by atoms with Crippen molar-refractivity contribution in [3.05, 3.63) is 51.0 Å². The van der Waals surface area contributed by atoms with Crippen molar-refractivity contribution in [3.8, 4) is 17.6 Å². The molecule has 3 rings (SSSR count). The fourth-order valence-corrected chi connectivity index (χ4v) is 3.16. The minimum atomic E-state index is -4.87. The maximum absolute atomic E-state index is 15.1. The molecule has 3 aromatic heterocycles. The number of nitrogens with one attached hydrogen (secondary N) is 1. The first kappa shape index (κ1) is 26.9. The Balaban J connectivity index is 2.16. The van der Waals surface area contributed by atoms with Gasteiger partial charge in [0.15, 0.2) is 23.6 Å². The van der Waals surface area contributed by atoms with Gasteiger partial charge in [-0.25, -0.2) is 14.2 Å². The number of carbonyl (C=O) groups excluding carboxylic acids is 1. The zero-order chi connectivity index (χ0) is 26.8. The van der Waals surface area contributed by atoms with E-state index in [2.05, 4.69) is 20.4 Å². The van der Waals surface area contributed by atoms with Crippen LogP contribution in [0.1, 0.15) is 30.0 Å². The van der Waals surface area contributed by atoms with Gasteiger partial charge in [0.05, 0.1) is 12.1 Å². The third-order valence-electron chi connectivity index (χ3n) is 4.81. The highest BCUT2D eigenvalue weighted by Crippen LogP contribution is 2.32. The van der Waals surface area contributed by atoms with Gasteiger partial charge in [-0.3, -0.25) is 9.36 Å². The standard InChI is InChI=1S/C20H19ClF4N6O5/c1-4-30-13(8-32)29-31(19(30)34)15-12(22)7-10(17(28-15)36-9(2)20(23,24)25)16(33)27-14-11(21)5-6-26-18(14)35-3/h5-7,9,32H,4,8H2,1-3H3,(H,27,33)/t9-/m0/s1. The van der Waals surface area contributed by atoms with E-state index in [1.54, 1.807) is 6.92 Å². The quantitative estimate of drug-likeness (QED) is 0.421. The lowest BCUT2D eigenvalue weighted by atomic mass is 10.2. The van der Waals surface area contributed by atoms with Gasteiger partial charge in [-0.15, -0.1) is 5.10 Å². The van der Waals surface area contributed by atoms with Gasteiger partial charge in [-0.1, -0.05) is 11.6 Å². The highest BCUT2D eigenvalue weighted by Gasteiger charge is 2.39. The van der Waals surface area contributed by atoms with Crippen LogP contribution in [0.5, 0.6) is 11.8 Å². The zero-order valence-electron chi connectivity index (χ0n) is 18.9. The number of rotatable bonds is 8. The van der Waals surface area contributed by atoms with Gasteiger partial charge in [0.2, 0.25) is 11.8 Å². The number of aliphatic hydroxyl groups is 1. The molecule has 194 valence electrons. The summed E-state index contributed by atoms with van der Waals surface area (Å²) in [5.41, 5.74) is -1.82. The molecule has 0 aromatic carbocycles. The van der Waals surface area contributed by atoms with Crippen LogP contribution >= 0.6 is 11.6 Å². The molecule has 16 heteroatoms. The van der Waals surface area contributed by atoms with Crippen LogP contribution in [0, 0.1) is 5.82 Å². The Morgan fingerprint density at radius 1 is 1.33 bits per heavy atom. The van der Waals surface area contributed by atoms with Crippen molar-refractivity contribution in [2.24, 2.45) is 0 Å². The van der Waals surface area contributed by atoms with Crippen molar-refractivity contribution in [2.45, 2.75) is 39.3 Å². The second-order valence-corrected chi connectivity index (χ2v) is 7.50. The number of aromatic nitrogens is 5. The summed E-state index contributed by atoms with van der Waals surface area (Å²) in [6.07, 6.45) is -6.06. The van der Waals surface area contributed by atoms with Crippen molar-refractivity contribution < 1.29 is 36.9 Å². The molecule has 2 N–H and O–H groups in total. The molecular weight excluding hydrogens is 516 g/mol. The lowest BCUT2D eigenvalue weighted by Crippen LogP contribution is -2.33. The number of anilines is 1. The monoisotopic (exact) mass is 534 g/mol. The number of hydrogen-bond donors (Lipinski definition) is 2. The first-order valence-corrected chi connectivity index (χ1v) is 10.5. The summed E-state index contributed by atoms with van der Waals surface area (Å²) in [6, 6.07) is 1.84. The van der Waals surface area contributed by atoms with Crippen LogP contribution < -0.4 is 20.5 Å². The zero-order valence-corrected chi connectivity index (χ0v) is 19.7. The normalized spacial score (nSPS) is 12.4. The molecule has 0 spiro atoms. The first-order chi connectivity index (χ1) is 16.9. The molecule has 0 aliphatic carbocycles. The predicted octanol–water partition coefficient (Wildman–Crippen LogP) is 2.72. The van der Waals surface area contributed by atoms with Crippen molar-refractivity contribution in [1.82, 2.24) is 24.3 Å². The van der Waals surface area contributed by atoms with E-state index >= 15 is 4.39 Å². The van der Waals surface area contributed by atoms with E-state index < -0.39 is 53.6 Å². The second kappa shape index (κ2) is 10.5. The SMILES string of the molecule is CCn1c(CO)nn(-c2nc(O[C@@H](C)C(F)(F)F)c(C(=O)Nc3c(Cl)ccnc3OC)cc2F)c1=O. The molecule has 1 atom stereocenters.